The average Bonchev–Trinajstić information content (AvgIpc) is 2.79. The molecule has 0 aliphatic carbocycles. The second kappa shape index (κ2) is 6.55. The standard InChI is InChI=1S/C16H21BrN2O/c1-11(2)19-16(14(17)10-18-19)15(20)9-8-13-7-5-4-6-12(13)3/h4-7,10-11,15,20H,8-9H2,1-3H3. The molecule has 108 valence electrons. The fourth-order valence-electron chi connectivity index (χ4n) is 2.39. The van der Waals surface area contributed by atoms with Gasteiger partial charge in [0, 0.05) is 6.04 Å². The maximum atomic E-state index is 10.5. The van der Waals surface area contributed by atoms with E-state index in [0.717, 1.165) is 16.6 Å². The highest BCUT2D eigenvalue weighted by molar-refractivity contribution is 9.10. The lowest BCUT2D eigenvalue weighted by Gasteiger charge is -2.17. The van der Waals surface area contributed by atoms with Gasteiger partial charge < -0.3 is 5.11 Å². The van der Waals surface area contributed by atoms with Crippen molar-refractivity contribution in [1.29, 1.82) is 0 Å². The Kier molecular flexibility index (Phi) is 5.00. The number of aliphatic hydroxyl groups excluding tert-OH is 1. The lowest BCUT2D eigenvalue weighted by molar-refractivity contribution is 0.154. The molecular weight excluding hydrogens is 316 g/mol. The summed E-state index contributed by atoms with van der Waals surface area (Å²) < 4.78 is 2.76. The fraction of sp³-hybridized carbons (Fsp3) is 0.438. The first kappa shape index (κ1) is 15.3. The van der Waals surface area contributed by atoms with Gasteiger partial charge in [-0.3, -0.25) is 4.68 Å². The van der Waals surface area contributed by atoms with Crippen LogP contribution in [-0.2, 0) is 6.42 Å². The van der Waals surface area contributed by atoms with Crippen molar-refractivity contribution in [2.75, 3.05) is 0 Å². The Labute approximate surface area is 128 Å². The molecule has 0 radical (unpaired) electrons. The van der Waals surface area contributed by atoms with E-state index in [0.29, 0.717) is 6.42 Å². The molecule has 0 fully saturated rings. The molecule has 0 saturated heterocycles. The number of aryl methyl sites for hydroxylation is 2. The molecule has 0 saturated carbocycles. The van der Waals surface area contributed by atoms with Crippen molar-refractivity contribution in [3.8, 4) is 0 Å². The van der Waals surface area contributed by atoms with Crippen LogP contribution in [0.4, 0.5) is 0 Å². The Hall–Kier alpha value is -1.13. The summed E-state index contributed by atoms with van der Waals surface area (Å²) in [5.74, 6) is 0. The SMILES string of the molecule is Cc1ccccc1CCC(O)c1c(Br)cnn1C(C)C. The highest BCUT2D eigenvalue weighted by atomic mass is 79.9. The van der Waals surface area contributed by atoms with E-state index in [9.17, 15) is 5.11 Å². The van der Waals surface area contributed by atoms with Crippen molar-refractivity contribution in [3.63, 3.8) is 0 Å². The summed E-state index contributed by atoms with van der Waals surface area (Å²) in [4.78, 5) is 0. The molecule has 0 aliphatic heterocycles. The molecule has 1 atom stereocenters. The van der Waals surface area contributed by atoms with E-state index in [1.807, 2.05) is 16.8 Å². The fourth-order valence-corrected chi connectivity index (χ4v) is 2.93. The molecule has 20 heavy (non-hydrogen) atoms. The number of hydrogen-bond acceptors (Lipinski definition) is 2. The Balaban J connectivity index is 2.11. The highest BCUT2D eigenvalue weighted by Gasteiger charge is 2.19. The van der Waals surface area contributed by atoms with Gasteiger partial charge in [0.15, 0.2) is 0 Å². The number of benzene rings is 1. The zero-order valence-corrected chi connectivity index (χ0v) is 13.8. The summed E-state index contributed by atoms with van der Waals surface area (Å²) in [5, 5.41) is 14.8. The molecule has 1 aromatic heterocycles. The van der Waals surface area contributed by atoms with Crippen LogP contribution < -0.4 is 0 Å². The van der Waals surface area contributed by atoms with Crippen LogP contribution >= 0.6 is 15.9 Å². The van der Waals surface area contributed by atoms with Gasteiger partial charge >= 0.3 is 0 Å². The quantitative estimate of drug-likeness (QED) is 0.888. The molecule has 2 rings (SSSR count). The van der Waals surface area contributed by atoms with Gasteiger partial charge in [-0.2, -0.15) is 5.10 Å². The summed E-state index contributed by atoms with van der Waals surface area (Å²) in [6.45, 7) is 6.24. The molecule has 1 heterocycles. The van der Waals surface area contributed by atoms with Gasteiger partial charge in [-0.1, -0.05) is 24.3 Å². The third-order valence-corrected chi connectivity index (χ3v) is 4.15. The lowest BCUT2D eigenvalue weighted by Crippen LogP contribution is -2.12. The molecule has 0 amide bonds. The maximum Gasteiger partial charge on any atom is 0.0971 e. The van der Waals surface area contributed by atoms with Crippen molar-refractivity contribution in [2.45, 2.75) is 45.8 Å². The molecule has 4 heteroatoms. The summed E-state index contributed by atoms with van der Waals surface area (Å²) in [6.07, 6.45) is 2.81. The minimum atomic E-state index is -0.506. The predicted molar refractivity (Wildman–Crippen MR) is 84.8 cm³/mol. The summed E-state index contributed by atoms with van der Waals surface area (Å²) >= 11 is 3.48. The molecule has 0 bridgehead atoms. The minimum Gasteiger partial charge on any atom is -0.387 e. The minimum absolute atomic E-state index is 0.240. The van der Waals surface area contributed by atoms with Crippen LogP contribution in [0.1, 0.15) is 49.2 Å². The topological polar surface area (TPSA) is 38.1 Å². The first-order chi connectivity index (χ1) is 9.50. The van der Waals surface area contributed by atoms with Crippen molar-refractivity contribution in [1.82, 2.24) is 9.78 Å². The Morgan fingerprint density at radius 2 is 2.00 bits per heavy atom. The van der Waals surface area contributed by atoms with Crippen LogP contribution in [-0.4, -0.2) is 14.9 Å². The second-order valence-corrected chi connectivity index (χ2v) is 6.25. The van der Waals surface area contributed by atoms with E-state index < -0.39 is 6.10 Å². The van der Waals surface area contributed by atoms with Gasteiger partial charge in [0.05, 0.1) is 22.5 Å². The maximum absolute atomic E-state index is 10.5. The summed E-state index contributed by atoms with van der Waals surface area (Å²) in [6, 6.07) is 8.56. The predicted octanol–water partition coefficient (Wildman–Crippen LogP) is 4.20. The molecule has 1 unspecified atom stereocenters. The monoisotopic (exact) mass is 336 g/mol. The summed E-state index contributed by atoms with van der Waals surface area (Å²) in [5.41, 5.74) is 3.43. The normalized spacial score (nSPS) is 12.9. The van der Waals surface area contributed by atoms with Gasteiger partial charge in [-0.05, 0) is 60.7 Å². The number of aliphatic hydroxyl groups is 1. The molecule has 0 aliphatic rings. The van der Waals surface area contributed by atoms with Crippen LogP contribution in [0.15, 0.2) is 34.9 Å². The van der Waals surface area contributed by atoms with E-state index in [1.54, 1.807) is 6.20 Å². The van der Waals surface area contributed by atoms with E-state index in [4.69, 9.17) is 0 Å². The molecule has 0 spiro atoms. The van der Waals surface area contributed by atoms with E-state index >= 15 is 0 Å². The Morgan fingerprint density at radius 1 is 1.30 bits per heavy atom. The molecule has 1 aromatic carbocycles. The van der Waals surface area contributed by atoms with Crippen LogP contribution in [0.2, 0.25) is 0 Å². The van der Waals surface area contributed by atoms with Gasteiger partial charge in [0.1, 0.15) is 0 Å². The lowest BCUT2D eigenvalue weighted by atomic mass is 10.0. The number of hydrogen-bond donors (Lipinski definition) is 1. The van der Waals surface area contributed by atoms with Crippen molar-refractivity contribution < 1.29 is 5.11 Å². The highest BCUT2D eigenvalue weighted by Crippen LogP contribution is 2.29. The Morgan fingerprint density at radius 3 is 2.65 bits per heavy atom. The van der Waals surface area contributed by atoms with Crippen LogP contribution in [0.3, 0.4) is 0 Å². The van der Waals surface area contributed by atoms with Crippen molar-refractivity contribution in [2.24, 2.45) is 0 Å². The number of aromatic nitrogens is 2. The third-order valence-electron chi connectivity index (χ3n) is 3.54. The largest absolute Gasteiger partial charge is 0.387 e. The molecule has 1 N–H and O–H groups in total. The number of nitrogens with zero attached hydrogens (tertiary/aromatic N) is 2. The van der Waals surface area contributed by atoms with Crippen LogP contribution in [0.25, 0.3) is 0 Å². The van der Waals surface area contributed by atoms with E-state index in [1.165, 1.54) is 11.1 Å². The zero-order chi connectivity index (χ0) is 14.7. The second-order valence-electron chi connectivity index (χ2n) is 5.40. The van der Waals surface area contributed by atoms with Gasteiger partial charge in [-0.15, -0.1) is 0 Å². The zero-order valence-electron chi connectivity index (χ0n) is 12.2. The Bertz CT molecular complexity index is 578. The van der Waals surface area contributed by atoms with Gasteiger partial charge in [-0.25, -0.2) is 0 Å². The first-order valence-corrected chi connectivity index (χ1v) is 7.75. The van der Waals surface area contributed by atoms with Crippen molar-refractivity contribution in [3.05, 3.63) is 51.8 Å². The average molecular weight is 337 g/mol. The van der Waals surface area contributed by atoms with Crippen molar-refractivity contribution >= 4 is 15.9 Å². The van der Waals surface area contributed by atoms with E-state index in [-0.39, 0.29) is 6.04 Å². The number of halogens is 1. The molecule has 2 aromatic rings. The van der Waals surface area contributed by atoms with Gasteiger partial charge in [0.2, 0.25) is 0 Å². The first-order valence-electron chi connectivity index (χ1n) is 6.96. The van der Waals surface area contributed by atoms with Gasteiger partial charge in [0.25, 0.3) is 0 Å². The number of rotatable bonds is 5. The third kappa shape index (κ3) is 3.30. The van der Waals surface area contributed by atoms with Crippen LogP contribution in [0.5, 0.6) is 0 Å². The molecular formula is C16H21BrN2O. The summed E-state index contributed by atoms with van der Waals surface area (Å²) in [7, 11) is 0. The van der Waals surface area contributed by atoms with Crippen LogP contribution in [0, 0.1) is 6.92 Å². The smallest absolute Gasteiger partial charge is 0.0971 e. The molecule has 3 nitrogen and oxygen atoms in total. The van der Waals surface area contributed by atoms with E-state index in [2.05, 4.69) is 53.9 Å².